The fourth-order valence-electron chi connectivity index (χ4n) is 0.901. The van der Waals surface area contributed by atoms with Gasteiger partial charge in [0.1, 0.15) is 0 Å². The quantitative estimate of drug-likeness (QED) is 0.775. The summed E-state index contributed by atoms with van der Waals surface area (Å²) in [5.41, 5.74) is 0. The van der Waals surface area contributed by atoms with E-state index in [1.54, 1.807) is 25.1 Å². The lowest BCUT2D eigenvalue weighted by Crippen LogP contribution is -2.07. The molecule has 3 heteroatoms. The van der Waals surface area contributed by atoms with Gasteiger partial charge in [0.2, 0.25) is 0 Å². The molecule has 0 bridgehead atoms. The summed E-state index contributed by atoms with van der Waals surface area (Å²) in [5, 5.41) is 8.93. The van der Waals surface area contributed by atoms with Gasteiger partial charge in [-0.15, -0.1) is 0 Å². The van der Waals surface area contributed by atoms with Crippen LogP contribution in [-0.2, 0) is 0 Å². The molecule has 0 fully saturated rings. The molecular formula is C10H13FO2. The highest BCUT2D eigenvalue weighted by molar-refractivity contribution is 5.23. The van der Waals surface area contributed by atoms with Gasteiger partial charge in [-0.2, -0.15) is 0 Å². The summed E-state index contributed by atoms with van der Waals surface area (Å²) >= 11 is 0. The molecule has 0 aliphatic heterocycles. The maximum Gasteiger partial charge on any atom is 0.165 e. The Balaban J connectivity index is 2.41. The maximum atomic E-state index is 12.9. The Labute approximate surface area is 77.0 Å². The van der Waals surface area contributed by atoms with Crippen LogP contribution in [0.5, 0.6) is 5.75 Å². The Kier molecular flexibility index (Phi) is 3.71. The van der Waals surface area contributed by atoms with Gasteiger partial charge >= 0.3 is 0 Å². The minimum atomic E-state index is -0.410. The van der Waals surface area contributed by atoms with Crippen LogP contribution in [0.4, 0.5) is 4.39 Å². The molecule has 1 atom stereocenters. The third-order valence-corrected chi connectivity index (χ3v) is 1.63. The maximum absolute atomic E-state index is 12.9. The average molecular weight is 184 g/mol. The van der Waals surface area contributed by atoms with Crippen LogP contribution in [0.3, 0.4) is 0 Å². The first-order valence-electron chi connectivity index (χ1n) is 4.25. The highest BCUT2D eigenvalue weighted by Gasteiger charge is 2.01. The van der Waals surface area contributed by atoms with Crippen molar-refractivity contribution < 1.29 is 14.2 Å². The smallest absolute Gasteiger partial charge is 0.165 e. The highest BCUT2D eigenvalue weighted by atomic mass is 19.1. The zero-order valence-corrected chi connectivity index (χ0v) is 7.53. The summed E-state index contributed by atoms with van der Waals surface area (Å²) in [7, 11) is 0. The fraction of sp³-hybridized carbons (Fsp3) is 0.400. The van der Waals surface area contributed by atoms with Gasteiger partial charge in [0, 0.05) is 6.42 Å². The SMILES string of the molecule is CC(O)CCOc1ccccc1F. The van der Waals surface area contributed by atoms with E-state index in [1.807, 2.05) is 0 Å². The van der Waals surface area contributed by atoms with Crippen molar-refractivity contribution in [2.75, 3.05) is 6.61 Å². The molecule has 0 heterocycles. The lowest BCUT2D eigenvalue weighted by Gasteiger charge is -2.07. The van der Waals surface area contributed by atoms with E-state index in [9.17, 15) is 4.39 Å². The van der Waals surface area contributed by atoms with Gasteiger partial charge < -0.3 is 9.84 Å². The molecule has 0 radical (unpaired) electrons. The molecule has 1 aromatic rings. The van der Waals surface area contributed by atoms with Crippen LogP contribution >= 0.6 is 0 Å². The number of hydrogen-bond donors (Lipinski definition) is 1. The van der Waals surface area contributed by atoms with Crippen molar-refractivity contribution in [2.24, 2.45) is 0 Å². The predicted octanol–water partition coefficient (Wildman–Crippen LogP) is 1.98. The molecule has 0 aliphatic rings. The van der Waals surface area contributed by atoms with Crippen molar-refractivity contribution >= 4 is 0 Å². The summed E-state index contributed by atoms with van der Waals surface area (Å²) in [6, 6.07) is 6.23. The lowest BCUT2D eigenvalue weighted by molar-refractivity contribution is 0.154. The molecule has 1 rings (SSSR count). The molecule has 1 unspecified atom stereocenters. The first-order chi connectivity index (χ1) is 6.20. The van der Waals surface area contributed by atoms with E-state index in [-0.39, 0.29) is 11.6 Å². The van der Waals surface area contributed by atoms with Crippen LogP contribution in [-0.4, -0.2) is 17.8 Å². The van der Waals surface area contributed by atoms with E-state index in [2.05, 4.69) is 0 Å². The van der Waals surface area contributed by atoms with Crippen LogP contribution in [0.15, 0.2) is 24.3 Å². The summed E-state index contributed by atoms with van der Waals surface area (Å²) < 4.78 is 18.0. The fourth-order valence-corrected chi connectivity index (χ4v) is 0.901. The van der Waals surface area contributed by atoms with E-state index in [0.29, 0.717) is 13.0 Å². The van der Waals surface area contributed by atoms with Crippen LogP contribution in [0.1, 0.15) is 13.3 Å². The molecule has 0 saturated heterocycles. The van der Waals surface area contributed by atoms with Crippen molar-refractivity contribution in [3.63, 3.8) is 0 Å². The van der Waals surface area contributed by atoms with Gasteiger partial charge in [0.15, 0.2) is 11.6 Å². The van der Waals surface area contributed by atoms with Gasteiger partial charge in [-0.25, -0.2) is 4.39 Å². The molecule has 0 amide bonds. The Morgan fingerprint density at radius 1 is 1.46 bits per heavy atom. The van der Waals surface area contributed by atoms with Gasteiger partial charge in [-0.3, -0.25) is 0 Å². The number of halogens is 1. The summed E-state index contributed by atoms with van der Waals surface area (Å²) in [6.45, 7) is 2.00. The first kappa shape index (κ1) is 9.99. The van der Waals surface area contributed by atoms with E-state index < -0.39 is 6.10 Å². The van der Waals surface area contributed by atoms with Gasteiger partial charge in [0.25, 0.3) is 0 Å². The minimum Gasteiger partial charge on any atom is -0.490 e. The van der Waals surface area contributed by atoms with E-state index in [0.717, 1.165) is 0 Å². The van der Waals surface area contributed by atoms with Gasteiger partial charge in [-0.1, -0.05) is 12.1 Å². The Bertz CT molecular complexity index is 261. The second kappa shape index (κ2) is 4.82. The molecule has 1 N–H and O–H groups in total. The van der Waals surface area contributed by atoms with E-state index in [4.69, 9.17) is 9.84 Å². The lowest BCUT2D eigenvalue weighted by atomic mass is 10.3. The first-order valence-corrected chi connectivity index (χ1v) is 4.25. The summed E-state index contributed by atoms with van der Waals surface area (Å²) in [6.07, 6.45) is 0.0979. The number of para-hydroxylation sites is 1. The predicted molar refractivity (Wildman–Crippen MR) is 48.2 cm³/mol. The molecule has 2 nitrogen and oxygen atoms in total. The van der Waals surface area contributed by atoms with Crippen molar-refractivity contribution in [3.05, 3.63) is 30.1 Å². The number of aliphatic hydroxyl groups is 1. The van der Waals surface area contributed by atoms with Crippen molar-refractivity contribution in [1.29, 1.82) is 0 Å². The number of rotatable bonds is 4. The Morgan fingerprint density at radius 3 is 2.77 bits per heavy atom. The molecule has 72 valence electrons. The van der Waals surface area contributed by atoms with Crippen LogP contribution in [0.2, 0.25) is 0 Å². The van der Waals surface area contributed by atoms with Crippen LogP contribution < -0.4 is 4.74 Å². The minimum absolute atomic E-state index is 0.239. The topological polar surface area (TPSA) is 29.5 Å². The number of ether oxygens (including phenoxy) is 1. The molecule has 13 heavy (non-hydrogen) atoms. The summed E-state index contributed by atoms with van der Waals surface area (Å²) in [5.74, 6) is -0.128. The van der Waals surface area contributed by atoms with Crippen molar-refractivity contribution in [2.45, 2.75) is 19.4 Å². The molecule has 0 aromatic heterocycles. The molecular weight excluding hydrogens is 171 g/mol. The average Bonchev–Trinajstić information content (AvgIpc) is 2.08. The van der Waals surface area contributed by atoms with Crippen LogP contribution in [0, 0.1) is 5.82 Å². The highest BCUT2D eigenvalue weighted by Crippen LogP contribution is 2.15. The van der Waals surface area contributed by atoms with Crippen molar-refractivity contribution in [1.82, 2.24) is 0 Å². The standard InChI is InChI=1S/C10H13FO2/c1-8(12)6-7-13-10-5-3-2-4-9(10)11/h2-5,8,12H,6-7H2,1H3. The molecule has 0 spiro atoms. The van der Waals surface area contributed by atoms with Gasteiger partial charge in [0.05, 0.1) is 12.7 Å². The van der Waals surface area contributed by atoms with Gasteiger partial charge in [-0.05, 0) is 19.1 Å². The number of benzene rings is 1. The zero-order chi connectivity index (χ0) is 9.68. The molecule has 0 saturated carbocycles. The number of hydrogen-bond acceptors (Lipinski definition) is 2. The third kappa shape index (κ3) is 3.42. The largest absolute Gasteiger partial charge is 0.490 e. The van der Waals surface area contributed by atoms with E-state index in [1.165, 1.54) is 6.07 Å². The summed E-state index contributed by atoms with van der Waals surface area (Å²) in [4.78, 5) is 0. The molecule has 1 aromatic carbocycles. The van der Waals surface area contributed by atoms with Crippen molar-refractivity contribution in [3.8, 4) is 5.75 Å². The second-order valence-corrected chi connectivity index (χ2v) is 2.92. The zero-order valence-electron chi connectivity index (χ0n) is 7.53. The molecule has 0 aliphatic carbocycles. The second-order valence-electron chi connectivity index (χ2n) is 2.92. The van der Waals surface area contributed by atoms with Crippen LogP contribution in [0.25, 0.3) is 0 Å². The third-order valence-electron chi connectivity index (χ3n) is 1.63. The Morgan fingerprint density at radius 2 is 2.15 bits per heavy atom. The Hall–Kier alpha value is -1.09. The number of aliphatic hydroxyl groups excluding tert-OH is 1. The normalized spacial score (nSPS) is 12.5. The monoisotopic (exact) mass is 184 g/mol. The van der Waals surface area contributed by atoms with E-state index >= 15 is 0 Å².